The Morgan fingerprint density at radius 1 is 1.27 bits per heavy atom. The summed E-state index contributed by atoms with van der Waals surface area (Å²) < 4.78 is 12.4. The lowest BCUT2D eigenvalue weighted by molar-refractivity contribution is -0.140. The number of rotatable bonds is 5. The van der Waals surface area contributed by atoms with Gasteiger partial charge in [0.25, 0.3) is 0 Å². The number of carbonyl (C=O) groups is 2. The Morgan fingerprint density at radius 2 is 1.92 bits per heavy atom. The maximum atomic E-state index is 12.1. The standard InChI is InChI=1S/C19H26N2O5/c1-11(16(17(22)23)20-18(24)26-19(2,3)4)14-10-21(5)15-8-7-12(25-6)9-13(14)15/h7-11,16H,1-6H3,(H,20,24)(H,22,23)/t11-,16-/m1/s1. The molecular formula is C19H26N2O5. The fourth-order valence-corrected chi connectivity index (χ4v) is 2.91. The van der Waals surface area contributed by atoms with Gasteiger partial charge in [0.1, 0.15) is 17.4 Å². The Labute approximate surface area is 152 Å². The second kappa shape index (κ2) is 7.27. The van der Waals surface area contributed by atoms with Crippen LogP contribution in [0.5, 0.6) is 5.75 Å². The third-order valence-corrected chi connectivity index (χ3v) is 4.16. The summed E-state index contributed by atoms with van der Waals surface area (Å²) in [5.41, 5.74) is 1.06. The van der Waals surface area contributed by atoms with E-state index < -0.39 is 29.6 Å². The molecule has 0 saturated carbocycles. The maximum Gasteiger partial charge on any atom is 0.408 e. The Bertz CT molecular complexity index is 819. The van der Waals surface area contributed by atoms with Gasteiger partial charge in [-0.2, -0.15) is 0 Å². The highest BCUT2D eigenvalue weighted by Crippen LogP contribution is 2.32. The number of hydrogen-bond donors (Lipinski definition) is 2. The smallest absolute Gasteiger partial charge is 0.408 e. The van der Waals surface area contributed by atoms with E-state index in [4.69, 9.17) is 9.47 Å². The first-order valence-electron chi connectivity index (χ1n) is 8.38. The van der Waals surface area contributed by atoms with E-state index in [0.29, 0.717) is 5.75 Å². The highest BCUT2D eigenvalue weighted by atomic mass is 16.6. The number of ether oxygens (including phenoxy) is 2. The first-order chi connectivity index (χ1) is 12.0. The Morgan fingerprint density at radius 3 is 2.46 bits per heavy atom. The van der Waals surface area contributed by atoms with E-state index in [1.807, 2.05) is 36.0 Å². The Balaban J connectivity index is 2.37. The number of carbonyl (C=O) groups excluding carboxylic acids is 1. The molecule has 1 aromatic heterocycles. The molecule has 7 heteroatoms. The highest BCUT2D eigenvalue weighted by Gasteiger charge is 2.31. The SMILES string of the molecule is COc1ccc2c(c1)c([C@@H](C)[C@@H](NC(=O)OC(C)(C)C)C(=O)O)cn2C. The molecule has 2 rings (SSSR count). The minimum absolute atomic E-state index is 0.476. The number of aliphatic carboxylic acids is 1. The lowest BCUT2D eigenvalue weighted by Crippen LogP contribution is -2.46. The first-order valence-corrected chi connectivity index (χ1v) is 8.38. The van der Waals surface area contributed by atoms with Crippen LogP contribution in [-0.2, 0) is 16.6 Å². The van der Waals surface area contributed by atoms with Crippen molar-refractivity contribution >= 4 is 23.0 Å². The predicted molar refractivity (Wildman–Crippen MR) is 98.7 cm³/mol. The van der Waals surface area contributed by atoms with Gasteiger partial charge in [0.2, 0.25) is 0 Å². The zero-order chi connectivity index (χ0) is 19.6. The molecule has 142 valence electrons. The Kier molecular flexibility index (Phi) is 5.49. The number of aromatic nitrogens is 1. The zero-order valence-corrected chi connectivity index (χ0v) is 16.0. The number of fused-ring (bicyclic) bond motifs is 1. The Hall–Kier alpha value is -2.70. The fraction of sp³-hybridized carbons (Fsp3) is 0.474. The number of carboxylic acid groups (broad SMARTS) is 1. The third-order valence-electron chi connectivity index (χ3n) is 4.16. The molecular weight excluding hydrogens is 336 g/mol. The van der Waals surface area contributed by atoms with Crippen LogP contribution in [0.25, 0.3) is 10.9 Å². The summed E-state index contributed by atoms with van der Waals surface area (Å²) in [5.74, 6) is -0.914. The molecule has 0 aliphatic carbocycles. The molecule has 2 aromatic rings. The van der Waals surface area contributed by atoms with Gasteiger partial charge in [0.05, 0.1) is 7.11 Å². The van der Waals surface area contributed by atoms with E-state index in [1.54, 1.807) is 34.8 Å². The monoisotopic (exact) mass is 362 g/mol. The second-order valence-corrected chi connectivity index (χ2v) is 7.33. The summed E-state index contributed by atoms with van der Waals surface area (Å²) in [6.07, 6.45) is 1.12. The van der Waals surface area contributed by atoms with Crippen LogP contribution in [0.1, 0.15) is 39.2 Å². The van der Waals surface area contributed by atoms with Crippen molar-refractivity contribution in [3.8, 4) is 5.75 Å². The molecule has 0 aliphatic heterocycles. The summed E-state index contributed by atoms with van der Waals surface area (Å²) in [6.45, 7) is 6.94. The number of alkyl carbamates (subject to hydrolysis) is 1. The molecule has 1 heterocycles. The van der Waals surface area contributed by atoms with Crippen LogP contribution >= 0.6 is 0 Å². The number of benzene rings is 1. The number of methoxy groups -OCH3 is 1. The van der Waals surface area contributed by atoms with E-state index in [1.165, 1.54) is 0 Å². The quantitative estimate of drug-likeness (QED) is 0.852. The molecule has 0 fully saturated rings. The summed E-state index contributed by atoms with van der Waals surface area (Å²) in [7, 11) is 3.47. The van der Waals surface area contributed by atoms with Crippen LogP contribution in [0.4, 0.5) is 4.79 Å². The van der Waals surface area contributed by atoms with Crippen LogP contribution in [-0.4, -0.2) is 40.5 Å². The topological polar surface area (TPSA) is 89.8 Å². The normalized spacial score (nSPS) is 13.9. The summed E-state index contributed by atoms with van der Waals surface area (Å²) >= 11 is 0. The molecule has 2 atom stereocenters. The largest absolute Gasteiger partial charge is 0.497 e. The number of hydrogen-bond acceptors (Lipinski definition) is 4. The fourth-order valence-electron chi connectivity index (χ4n) is 2.91. The van der Waals surface area contributed by atoms with Gasteiger partial charge in [-0.1, -0.05) is 6.92 Å². The average molecular weight is 362 g/mol. The van der Waals surface area contributed by atoms with Crippen LogP contribution < -0.4 is 10.1 Å². The molecule has 0 bridgehead atoms. The number of aryl methyl sites for hydroxylation is 1. The summed E-state index contributed by atoms with van der Waals surface area (Å²) in [5, 5.41) is 13.0. The van der Waals surface area contributed by atoms with Gasteiger partial charge in [0.15, 0.2) is 0 Å². The molecule has 0 saturated heterocycles. The van der Waals surface area contributed by atoms with Gasteiger partial charge < -0.3 is 24.5 Å². The zero-order valence-electron chi connectivity index (χ0n) is 16.0. The molecule has 0 aliphatic rings. The van der Waals surface area contributed by atoms with Crippen molar-refractivity contribution in [2.75, 3.05) is 7.11 Å². The molecule has 26 heavy (non-hydrogen) atoms. The van der Waals surface area contributed by atoms with E-state index in [2.05, 4.69) is 5.32 Å². The van der Waals surface area contributed by atoms with E-state index >= 15 is 0 Å². The van der Waals surface area contributed by atoms with Crippen LogP contribution in [0.2, 0.25) is 0 Å². The third kappa shape index (κ3) is 4.28. The van der Waals surface area contributed by atoms with Gasteiger partial charge in [-0.3, -0.25) is 0 Å². The van der Waals surface area contributed by atoms with Gasteiger partial charge in [-0.25, -0.2) is 9.59 Å². The minimum Gasteiger partial charge on any atom is -0.497 e. The lowest BCUT2D eigenvalue weighted by atomic mass is 9.93. The lowest BCUT2D eigenvalue weighted by Gasteiger charge is -2.25. The molecule has 2 N–H and O–H groups in total. The molecule has 0 radical (unpaired) electrons. The maximum absolute atomic E-state index is 12.1. The number of nitrogens with zero attached hydrogens (tertiary/aromatic N) is 1. The van der Waals surface area contributed by atoms with Crippen LogP contribution in [0.15, 0.2) is 24.4 Å². The molecule has 1 aromatic carbocycles. The van der Waals surface area contributed by atoms with Crippen LogP contribution in [0, 0.1) is 0 Å². The van der Waals surface area contributed by atoms with E-state index in [0.717, 1.165) is 16.5 Å². The summed E-state index contributed by atoms with van der Waals surface area (Å²) in [4.78, 5) is 23.8. The van der Waals surface area contributed by atoms with Gasteiger partial charge >= 0.3 is 12.1 Å². The van der Waals surface area contributed by atoms with Crippen molar-refractivity contribution in [1.29, 1.82) is 0 Å². The van der Waals surface area contributed by atoms with Gasteiger partial charge in [0, 0.05) is 30.1 Å². The molecule has 1 amide bonds. The average Bonchev–Trinajstić information content (AvgIpc) is 2.86. The highest BCUT2D eigenvalue weighted by molar-refractivity contribution is 5.88. The first kappa shape index (κ1) is 19.6. The predicted octanol–water partition coefficient (Wildman–Crippen LogP) is 3.27. The van der Waals surface area contributed by atoms with Crippen molar-refractivity contribution in [2.45, 2.75) is 45.3 Å². The van der Waals surface area contributed by atoms with E-state index in [-0.39, 0.29) is 0 Å². The van der Waals surface area contributed by atoms with Gasteiger partial charge in [-0.05, 0) is 44.5 Å². The number of amides is 1. The van der Waals surface area contributed by atoms with Crippen molar-refractivity contribution in [2.24, 2.45) is 7.05 Å². The number of carboxylic acids is 1. The molecule has 7 nitrogen and oxygen atoms in total. The van der Waals surface area contributed by atoms with Crippen LogP contribution in [0.3, 0.4) is 0 Å². The van der Waals surface area contributed by atoms with Crippen molar-refractivity contribution < 1.29 is 24.2 Å². The minimum atomic E-state index is -1.12. The van der Waals surface area contributed by atoms with Crippen molar-refractivity contribution in [3.05, 3.63) is 30.0 Å². The number of nitrogens with one attached hydrogen (secondary N) is 1. The van der Waals surface area contributed by atoms with E-state index in [9.17, 15) is 14.7 Å². The van der Waals surface area contributed by atoms with Crippen molar-refractivity contribution in [1.82, 2.24) is 9.88 Å². The second-order valence-electron chi connectivity index (χ2n) is 7.33. The van der Waals surface area contributed by atoms with Gasteiger partial charge in [-0.15, -0.1) is 0 Å². The molecule has 0 unspecified atom stereocenters. The molecule has 0 spiro atoms. The summed E-state index contributed by atoms with van der Waals surface area (Å²) in [6, 6.07) is 4.51. The van der Waals surface area contributed by atoms with Crippen molar-refractivity contribution in [3.63, 3.8) is 0 Å².